The van der Waals surface area contributed by atoms with Gasteiger partial charge in [0.25, 0.3) is 0 Å². The van der Waals surface area contributed by atoms with Crippen LogP contribution in [0.4, 0.5) is 0 Å². The Kier molecular flexibility index (Phi) is 5.13. The Morgan fingerprint density at radius 1 is 1.17 bits per heavy atom. The van der Waals surface area contributed by atoms with Gasteiger partial charge in [-0.2, -0.15) is 0 Å². The van der Waals surface area contributed by atoms with Crippen LogP contribution >= 0.6 is 0 Å². The zero-order chi connectivity index (χ0) is 21.5. The molecule has 158 valence electrons. The number of benzene rings is 1. The Morgan fingerprint density at radius 2 is 1.93 bits per heavy atom. The Hall–Kier alpha value is -3.09. The van der Waals surface area contributed by atoms with Crippen LogP contribution < -0.4 is 10.2 Å². The summed E-state index contributed by atoms with van der Waals surface area (Å²) in [6, 6.07) is 5.49. The summed E-state index contributed by atoms with van der Waals surface area (Å²) in [5.74, 6) is -1.29. The SMILES string of the molecule is COc1cc2c(cc1CCCCC(=O)O)CC1(CCC1)n1cc(C(=O)O)c(=O)cc1-2. The minimum Gasteiger partial charge on any atom is -0.496 e. The van der Waals surface area contributed by atoms with Crippen molar-refractivity contribution < 1.29 is 24.5 Å². The number of unbranched alkanes of at least 4 members (excludes halogenated alkanes) is 1. The summed E-state index contributed by atoms with van der Waals surface area (Å²) in [6.07, 6.45) is 7.49. The lowest BCUT2D eigenvalue weighted by Gasteiger charge is -2.49. The number of carbonyl (C=O) groups is 2. The molecule has 1 aliphatic carbocycles. The molecule has 0 saturated heterocycles. The first-order valence-electron chi connectivity index (χ1n) is 10.3. The standard InChI is InChI=1S/C23H25NO6/c1-30-20-10-16-15(9-14(20)5-2-3-6-21(26)27)12-23(7-4-8-23)24-13-17(22(28)29)19(25)11-18(16)24/h9-11,13H,2-8,12H2,1H3,(H,26,27)(H,28,29). The van der Waals surface area contributed by atoms with Gasteiger partial charge in [0.05, 0.1) is 12.8 Å². The first-order valence-corrected chi connectivity index (χ1v) is 10.3. The maximum atomic E-state index is 12.4. The highest BCUT2D eigenvalue weighted by molar-refractivity contribution is 5.88. The van der Waals surface area contributed by atoms with E-state index in [1.807, 2.05) is 10.6 Å². The van der Waals surface area contributed by atoms with Crippen LogP contribution in [0.5, 0.6) is 5.75 Å². The van der Waals surface area contributed by atoms with E-state index < -0.39 is 17.4 Å². The van der Waals surface area contributed by atoms with E-state index in [0.717, 1.165) is 60.9 Å². The van der Waals surface area contributed by atoms with Gasteiger partial charge in [-0.3, -0.25) is 9.59 Å². The topological polar surface area (TPSA) is 106 Å². The van der Waals surface area contributed by atoms with E-state index >= 15 is 0 Å². The van der Waals surface area contributed by atoms with Gasteiger partial charge in [-0.25, -0.2) is 4.79 Å². The molecule has 2 aromatic rings. The zero-order valence-electron chi connectivity index (χ0n) is 16.9. The van der Waals surface area contributed by atoms with Gasteiger partial charge in [0.15, 0.2) is 5.43 Å². The molecule has 7 nitrogen and oxygen atoms in total. The largest absolute Gasteiger partial charge is 0.496 e. The van der Waals surface area contributed by atoms with Crippen LogP contribution in [0.2, 0.25) is 0 Å². The van der Waals surface area contributed by atoms with E-state index in [1.165, 1.54) is 12.3 Å². The van der Waals surface area contributed by atoms with Gasteiger partial charge >= 0.3 is 11.9 Å². The van der Waals surface area contributed by atoms with Gasteiger partial charge in [0, 0.05) is 29.8 Å². The minimum atomic E-state index is -1.20. The number of carboxylic acid groups (broad SMARTS) is 2. The Bertz CT molecular complexity index is 1080. The number of rotatable bonds is 7. The molecule has 0 amide bonds. The van der Waals surface area contributed by atoms with Crippen LogP contribution in [0.25, 0.3) is 11.3 Å². The smallest absolute Gasteiger partial charge is 0.341 e. The van der Waals surface area contributed by atoms with E-state index in [9.17, 15) is 19.5 Å². The molecule has 1 saturated carbocycles. The average Bonchev–Trinajstić information content (AvgIpc) is 2.67. The van der Waals surface area contributed by atoms with Crippen molar-refractivity contribution >= 4 is 11.9 Å². The van der Waals surface area contributed by atoms with Crippen molar-refractivity contribution in [2.24, 2.45) is 0 Å². The fraction of sp³-hybridized carbons (Fsp3) is 0.435. The zero-order valence-corrected chi connectivity index (χ0v) is 16.9. The second-order valence-corrected chi connectivity index (χ2v) is 8.29. The maximum absolute atomic E-state index is 12.4. The number of carboxylic acids is 2. The number of aliphatic carboxylic acids is 1. The fourth-order valence-electron chi connectivity index (χ4n) is 4.77. The molecule has 0 atom stereocenters. The first kappa shape index (κ1) is 20.2. The van der Waals surface area contributed by atoms with Crippen LogP contribution in [-0.4, -0.2) is 33.8 Å². The number of ether oxygens (including phenoxy) is 1. The molecule has 0 radical (unpaired) electrons. The summed E-state index contributed by atoms with van der Waals surface area (Å²) < 4.78 is 7.59. The van der Waals surface area contributed by atoms with E-state index in [1.54, 1.807) is 7.11 Å². The normalized spacial score (nSPS) is 15.8. The lowest BCUT2D eigenvalue weighted by molar-refractivity contribution is -0.137. The van der Waals surface area contributed by atoms with Crippen molar-refractivity contribution in [3.63, 3.8) is 0 Å². The number of aromatic carboxylic acids is 1. The monoisotopic (exact) mass is 411 g/mol. The number of pyridine rings is 1. The van der Waals surface area contributed by atoms with Crippen LogP contribution in [-0.2, 0) is 23.2 Å². The quantitative estimate of drug-likeness (QED) is 0.676. The number of hydrogen-bond acceptors (Lipinski definition) is 4. The molecule has 2 heterocycles. The number of hydrogen-bond donors (Lipinski definition) is 2. The van der Waals surface area contributed by atoms with Crippen molar-refractivity contribution in [3.05, 3.63) is 51.3 Å². The van der Waals surface area contributed by atoms with Crippen LogP contribution in [0.1, 0.15) is 60.0 Å². The minimum absolute atomic E-state index is 0.151. The predicted octanol–water partition coefficient (Wildman–Crippen LogP) is 3.45. The van der Waals surface area contributed by atoms with Gasteiger partial charge in [-0.1, -0.05) is 6.07 Å². The molecule has 0 unspecified atom stereocenters. The molecule has 1 aliphatic heterocycles. The van der Waals surface area contributed by atoms with Crippen molar-refractivity contribution in [1.82, 2.24) is 4.57 Å². The van der Waals surface area contributed by atoms with Crippen molar-refractivity contribution in [2.45, 2.75) is 56.9 Å². The molecule has 2 N–H and O–H groups in total. The summed E-state index contributed by atoms with van der Waals surface area (Å²) in [6.45, 7) is 0. The Labute approximate surface area is 173 Å². The highest BCUT2D eigenvalue weighted by Crippen LogP contribution is 2.49. The third kappa shape index (κ3) is 3.38. The molecule has 2 aliphatic rings. The highest BCUT2D eigenvalue weighted by atomic mass is 16.5. The molecule has 7 heteroatoms. The lowest BCUT2D eigenvalue weighted by atomic mass is 9.69. The summed E-state index contributed by atoms with van der Waals surface area (Å²) in [4.78, 5) is 34.7. The van der Waals surface area contributed by atoms with Gasteiger partial charge in [-0.05, 0) is 62.1 Å². The lowest BCUT2D eigenvalue weighted by Crippen LogP contribution is -2.46. The second kappa shape index (κ2) is 7.63. The summed E-state index contributed by atoms with van der Waals surface area (Å²) in [5.41, 5.74) is 2.92. The Balaban J connectivity index is 1.77. The molecule has 30 heavy (non-hydrogen) atoms. The van der Waals surface area contributed by atoms with E-state index in [2.05, 4.69) is 6.07 Å². The number of fused-ring (bicyclic) bond motifs is 4. The molecule has 0 bridgehead atoms. The number of aromatic nitrogens is 1. The van der Waals surface area contributed by atoms with E-state index in [-0.39, 0.29) is 17.5 Å². The van der Waals surface area contributed by atoms with Gasteiger partial charge in [0.2, 0.25) is 0 Å². The van der Waals surface area contributed by atoms with Gasteiger partial charge < -0.3 is 19.5 Å². The molecule has 1 fully saturated rings. The van der Waals surface area contributed by atoms with Crippen LogP contribution in [0.15, 0.2) is 29.2 Å². The molecular weight excluding hydrogens is 386 g/mol. The molecule has 1 aromatic heterocycles. The average molecular weight is 411 g/mol. The second-order valence-electron chi connectivity index (χ2n) is 8.29. The van der Waals surface area contributed by atoms with Crippen molar-refractivity contribution in [1.29, 1.82) is 0 Å². The predicted molar refractivity (Wildman–Crippen MR) is 110 cm³/mol. The van der Waals surface area contributed by atoms with Crippen molar-refractivity contribution in [2.75, 3.05) is 7.11 Å². The van der Waals surface area contributed by atoms with Crippen LogP contribution in [0, 0.1) is 0 Å². The Morgan fingerprint density at radius 3 is 2.53 bits per heavy atom. The summed E-state index contributed by atoms with van der Waals surface area (Å²) in [5, 5.41) is 18.2. The third-order valence-corrected chi connectivity index (χ3v) is 6.47. The molecular formula is C23H25NO6. The van der Waals surface area contributed by atoms with E-state index in [0.29, 0.717) is 12.2 Å². The molecule has 1 spiro atoms. The van der Waals surface area contributed by atoms with Crippen LogP contribution in [0.3, 0.4) is 0 Å². The maximum Gasteiger partial charge on any atom is 0.341 e. The number of aryl methyl sites for hydroxylation is 1. The summed E-state index contributed by atoms with van der Waals surface area (Å²) >= 11 is 0. The molecule has 4 rings (SSSR count). The highest BCUT2D eigenvalue weighted by Gasteiger charge is 2.43. The van der Waals surface area contributed by atoms with E-state index in [4.69, 9.17) is 9.84 Å². The fourth-order valence-corrected chi connectivity index (χ4v) is 4.77. The van der Waals surface area contributed by atoms with Crippen molar-refractivity contribution in [3.8, 4) is 17.0 Å². The summed E-state index contributed by atoms with van der Waals surface area (Å²) in [7, 11) is 1.60. The van der Waals surface area contributed by atoms with Gasteiger partial charge in [-0.15, -0.1) is 0 Å². The molecule has 1 aromatic carbocycles. The van der Waals surface area contributed by atoms with Gasteiger partial charge in [0.1, 0.15) is 11.3 Å². The number of nitrogens with zero attached hydrogens (tertiary/aromatic N) is 1. The first-order chi connectivity index (χ1) is 14.3. The number of methoxy groups -OCH3 is 1. The third-order valence-electron chi connectivity index (χ3n) is 6.47.